The second kappa shape index (κ2) is 8.45. The number of rotatable bonds is 8. The van der Waals surface area contributed by atoms with Crippen LogP contribution in [0.4, 0.5) is 5.69 Å². The van der Waals surface area contributed by atoms with E-state index in [2.05, 4.69) is 22.4 Å². The number of furan rings is 1. The molecule has 150 valence electrons. The first-order chi connectivity index (χ1) is 14.2. The molecule has 0 aliphatic carbocycles. The Morgan fingerprint density at radius 1 is 1.14 bits per heavy atom. The van der Waals surface area contributed by atoms with Gasteiger partial charge >= 0.3 is 0 Å². The highest BCUT2D eigenvalue weighted by atomic mass is 16.3. The summed E-state index contributed by atoms with van der Waals surface area (Å²) < 4.78 is 7.82. The van der Waals surface area contributed by atoms with E-state index in [1.807, 2.05) is 47.0 Å². The fourth-order valence-corrected chi connectivity index (χ4v) is 3.47. The van der Waals surface area contributed by atoms with Crippen molar-refractivity contribution in [2.45, 2.75) is 39.0 Å². The number of aromatic nitrogens is 3. The Morgan fingerprint density at radius 3 is 2.83 bits per heavy atom. The molecule has 0 bridgehead atoms. The highest BCUT2D eigenvalue weighted by Crippen LogP contribution is 2.28. The van der Waals surface area contributed by atoms with Gasteiger partial charge in [0.1, 0.15) is 17.2 Å². The number of nitrogens with zero attached hydrogens (tertiary/aromatic N) is 3. The molecule has 3 aromatic heterocycles. The van der Waals surface area contributed by atoms with Gasteiger partial charge in [-0.3, -0.25) is 9.20 Å². The summed E-state index contributed by atoms with van der Waals surface area (Å²) in [5.41, 5.74) is 2.68. The normalized spacial score (nSPS) is 11.4. The van der Waals surface area contributed by atoms with Crippen LogP contribution in [0.15, 0.2) is 47.0 Å². The SMILES string of the molecule is CCCCc1oc2ccccc2c1C(=O)Nc1ccc2nnc(CCCO)n2c1. The van der Waals surface area contributed by atoms with Crippen LogP contribution in [0.2, 0.25) is 0 Å². The standard InChI is InChI=1S/C22H24N4O3/c1-2-3-8-18-21(16-7-4-5-9-17(16)29-18)22(28)23-15-11-12-20-25-24-19(10-6-13-27)26(20)14-15/h4-5,7,9,11-12,14,27H,2-3,6,8,10,13H2,1H3,(H,23,28). The van der Waals surface area contributed by atoms with Gasteiger partial charge in [0.2, 0.25) is 0 Å². The summed E-state index contributed by atoms with van der Waals surface area (Å²) in [6.07, 6.45) is 5.75. The van der Waals surface area contributed by atoms with Gasteiger partial charge in [-0.15, -0.1) is 10.2 Å². The Bertz CT molecular complexity index is 1150. The zero-order valence-corrected chi connectivity index (χ0v) is 16.4. The summed E-state index contributed by atoms with van der Waals surface area (Å²) in [4.78, 5) is 13.2. The number of carbonyl (C=O) groups is 1. The van der Waals surface area contributed by atoms with E-state index in [9.17, 15) is 4.79 Å². The van der Waals surface area contributed by atoms with Crippen LogP contribution in [0.1, 0.15) is 48.1 Å². The number of carbonyl (C=O) groups excluding carboxylic acids is 1. The van der Waals surface area contributed by atoms with Crippen molar-refractivity contribution in [2.75, 3.05) is 11.9 Å². The van der Waals surface area contributed by atoms with Crippen LogP contribution in [-0.4, -0.2) is 32.2 Å². The Morgan fingerprint density at radius 2 is 2.00 bits per heavy atom. The molecule has 3 heterocycles. The minimum atomic E-state index is -0.189. The molecule has 7 heteroatoms. The maximum Gasteiger partial charge on any atom is 0.259 e. The summed E-state index contributed by atoms with van der Waals surface area (Å²) in [5, 5.41) is 21.2. The highest BCUT2D eigenvalue weighted by molar-refractivity contribution is 6.13. The number of unbranched alkanes of at least 4 members (excludes halogenated alkanes) is 1. The Kier molecular flexibility index (Phi) is 5.57. The number of aliphatic hydroxyl groups excluding tert-OH is 1. The summed E-state index contributed by atoms with van der Waals surface area (Å²) in [5.74, 6) is 1.28. The smallest absolute Gasteiger partial charge is 0.259 e. The van der Waals surface area contributed by atoms with E-state index >= 15 is 0 Å². The van der Waals surface area contributed by atoms with Gasteiger partial charge in [0.05, 0.1) is 11.3 Å². The Hall–Kier alpha value is -3.19. The number of pyridine rings is 1. The second-order valence-corrected chi connectivity index (χ2v) is 7.04. The molecule has 0 aliphatic rings. The average molecular weight is 392 g/mol. The molecular formula is C22H24N4O3. The first-order valence-electron chi connectivity index (χ1n) is 9.97. The lowest BCUT2D eigenvalue weighted by Crippen LogP contribution is -2.14. The summed E-state index contributed by atoms with van der Waals surface area (Å²) >= 11 is 0. The second-order valence-electron chi connectivity index (χ2n) is 7.04. The molecule has 0 aliphatic heterocycles. The molecular weight excluding hydrogens is 368 g/mol. The lowest BCUT2D eigenvalue weighted by atomic mass is 10.1. The molecule has 0 unspecified atom stereocenters. The summed E-state index contributed by atoms with van der Waals surface area (Å²) in [6.45, 7) is 2.21. The first kappa shape index (κ1) is 19.1. The number of anilines is 1. The maximum atomic E-state index is 13.2. The molecule has 0 spiro atoms. The van der Waals surface area contributed by atoms with Crippen LogP contribution in [0.25, 0.3) is 16.6 Å². The van der Waals surface area contributed by atoms with Gasteiger partial charge in [-0.2, -0.15) is 0 Å². The number of hydrogen-bond acceptors (Lipinski definition) is 5. The number of aryl methyl sites for hydroxylation is 2. The highest BCUT2D eigenvalue weighted by Gasteiger charge is 2.20. The predicted octanol–water partition coefficient (Wildman–Crippen LogP) is 4.00. The number of para-hydroxylation sites is 1. The van der Waals surface area contributed by atoms with Gasteiger partial charge in [-0.05, 0) is 31.0 Å². The third-order valence-corrected chi connectivity index (χ3v) is 4.94. The fourth-order valence-electron chi connectivity index (χ4n) is 3.47. The number of amides is 1. The quantitative estimate of drug-likeness (QED) is 0.473. The molecule has 0 radical (unpaired) electrons. The van der Waals surface area contributed by atoms with E-state index < -0.39 is 0 Å². The number of benzene rings is 1. The monoisotopic (exact) mass is 392 g/mol. The number of aliphatic hydroxyl groups is 1. The maximum absolute atomic E-state index is 13.2. The molecule has 0 fully saturated rings. The lowest BCUT2D eigenvalue weighted by Gasteiger charge is -2.07. The Labute approximate surface area is 168 Å². The minimum Gasteiger partial charge on any atom is -0.460 e. The molecule has 7 nitrogen and oxygen atoms in total. The number of hydrogen-bond donors (Lipinski definition) is 2. The van der Waals surface area contributed by atoms with Crippen LogP contribution >= 0.6 is 0 Å². The van der Waals surface area contributed by atoms with Crippen molar-refractivity contribution in [3.63, 3.8) is 0 Å². The van der Waals surface area contributed by atoms with Crippen LogP contribution in [0, 0.1) is 0 Å². The van der Waals surface area contributed by atoms with Crippen LogP contribution in [-0.2, 0) is 12.8 Å². The van der Waals surface area contributed by atoms with E-state index in [0.717, 1.165) is 41.8 Å². The van der Waals surface area contributed by atoms with Gasteiger partial charge in [0.25, 0.3) is 5.91 Å². The first-order valence-corrected chi connectivity index (χ1v) is 9.97. The number of fused-ring (bicyclic) bond motifs is 2. The molecule has 1 aromatic carbocycles. The van der Waals surface area contributed by atoms with Gasteiger partial charge in [-0.25, -0.2) is 0 Å². The zero-order chi connectivity index (χ0) is 20.2. The van der Waals surface area contributed by atoms with Crippen molar-refractivity contribution in [1.82, 2.24) is 14.6 Å². The van der Waals surface area contributed by atoms with Crippen LogP contribution < -0.4 is 5.32 Å². The van der Waals surface area contributed by atoms with Crippen molar-refractivity contribution >= 4 is 28.2 Å². The van der Waals surface area contributed by atoms with E-state index in [1.165, 1.54) is 0 Å². The van der Waals surface area contributed by atoms with Gasteiger partial charge < -0.3 is 14.8 Å². The third-order valence-electron chi connectivity index (χ3n) is 4.94. The van der Waals surface area contributed by atoms with Crippen LogP contribution in [0.3, 0.4) is 0 Å². The molecule has 0 atom stereocenters. The minimum absolute atomic E-state index is 0.0967. The van der Waals surface area contributed by atoms with Crippen molar-refractivity contribution in [1.29, 1.82) is 0 Å². The predicted molar refractivity (Wildman–Crippen MR) is 111 cm³/mol. The molecule has 1 amide bonds. The van der Waals surface area contributed by atoms with E-state index in [1.54, 1.807) is 0 Å². The van der Waals surface area contributed by atoms with Crippen molar-refractivity contribution in [2.24, 2.45) is 0 Å². The van der Waals surface area contributed by atoms with Crippen LogP contribution in [0.5, 0.6) is 0 Å². The molecule has 29 heavy (non-hydrogen) atoms. The van der Waals surface area contributed by atoms with E-state index in [4.69, 9.17) is 9.52 Å². The third kappa shape index (κ3) is 3.86. The molecule has 2 N–H and O–H groups in total. The molecule has 0 saturated carbocycles. The zero-order valence-electron chi connectivity index (χ0n) is 16.4. The topological polar surface area (TPSA) is 92.7 Å². The molecule has 4 aromatic rings. The molecule has 0 saturated heterocycles. The van der Waals surface area contributed by atoms with E-state index in [0.29, 0.717) is 29.7 Å². The summed E-state index contributed by atoms with van der Waals surface area (Å²) in [6, 6.07) is 11.2. The van der Waals surface area contributed by atoms with Crippen molar-refractivity contribution in [3.05, 3.63) is 59.7 Å². The average Bonchev–Trinajstić information content (AvgIpc) is 3.31. The summed E-state index contributed by atoms with van der Waals surface area (Å²) in [7, 11) is 0. The van der Waals surface area contributed by atoms with Gasteiger partial charge in [-0.1, -0.05) is 31.5 Å². The number of nitrogens with one attached hydrogen (secondary N) is 1. The molecule has 4 rings (SSSR count). The van der Waals surface area contributed by atoms with Gasteiger partial charge in [0, 0.05) is 31.0 Å². The Balaban J connectivity index is 1.65. The van der Waals surface area contributed by atoms with Crippen molar-refractivity contribution in [3.8, 4) is 0 Å². The fraction of sp³-hybridized carbons (Fsp3) is 0.318. The lowest BCUT2D eigenvalue weighted by molar-refractivity contribution is 0.102. The largest absolute Gasteiger partial charge is 0.460 e. The van der Waals surface area contributed by atoms with Crippen molar-refractivity contribution < 1.29 is 14.3 Å². The van der Waals surface area contributed by atoms with E-state index in [-0.39, 0.29) is 12.5 Å². The van der Waals surface area contributed by atoms with Gasteiger partial charge in [0.15, 0.2) is 5.65 Å².